The zero-order valence-corrected chi connectivity index (χ0v) is 12.2. The Hall–Kier alpha value is -1.62. The summed E-state index contributed by atoms with van der Waals surface area (Å²) in [5, 5.41) is 13.4. The molecule has 2 N–H and O–H groups in total. The normalized spacial score (nSPS) is 11.7. The highest BCUT2D eigenvalue weighted by Crippen LogP contribution is 2.17. The van der Waals surface area contributed by atoms with E-state index in [4.69, 9.17) is 5.11 Å². The number of carboxylic acids is 1. The summed E-state index contributed by atoms with van der Waals surface area (Å²) in [5.74, 6) is -1.06. The van der Waals surface area contributed by atoms with Crippen LogP contribution in [-0.4, -0.2) is 22.5 Å². The minimum atomic E-state index is -0.855. The average molecular weight is 281 g/mol. The van der Waals surface area contributed by atoms with Crippen molar-refractivity contribution in [3.05, 3.63) is 28.0 Å². The van der Waals surface area contributed by atoms with Crippen LogP contribution in [0.5, 0.6) is 0 Å². The molecule has 0 aliphatic rings. The van der Waals surface area contributed by atoms with Crippen LogP contribution < -0.4 is 5.32 Å². The van der Waals surface area contributed by atoms with E-state index in [1.54, 1.807) is 17.4 Å². The Bertz CT molecular complexity index is 489. The Balaban J connectivity index is 2.53. The third kappa shape index (κ3) is 5.70. The van der Waals surface area contributed by atoms with Crippen molar-refractivity contribution in [1.29, 1.82) is 0 Å². The molecule has 104 valence electrons. The van der Waals surface area contributed by atoms with Crippen molar-refractivity contribution >= 4 is 29.3 Å². The van der Waals surface area contributed by atoms with Gasteiger partial charge in [0, 0.05) is 22.9 Å². The first-order chi connectivity index (χ1) is 8.80. The highest BCUT2D eigenvalue weighted by molar-refractivity contribution is 7.11. The highest BCUT2D eigenvalue weighted by atomic mass is 32.1. The second-order valence-electron chi connectivity index (χ2n) is 5.07. The summed E-state index contributed by atoms with van der Waals surface area (Å²) in [4.78, 5) is 23.3. The zero-order chi connectivity index (χ0) is 14.5. The van der Waals surface area contributed by atoms with Crippen molar-refractivity contribution in [3.63, 3.8) is 0 Å². The summed E-state index contributed by atoms with van der Waals surface area (Å²) in [7, 11) is 0. The minimum Gasteiger partial charge on any atom is -0.481 e. The number of carboxylic acid groups (broad SMARTS) is 1. The van der Waals surface area contributed by atoms with E-state index in [0.29, 0.717) is 6.42 Å². The molecule has 1 heterocycles. The molecule has 4 nitrogen and oxygen atoms in total. The Morgan fingerprint density at radius 1 is 1.47 bits per heavy atom. The largest absolute Gasteiger partial charge is 0.481 e. The number of rotatable bonds is 6. The van der Waals surface area contributed by atoms with Gasteiger partial charge in [0.2, 0.25) is 5.91 Å². The first-order valence-corrected chi connectivity index (χ1v) is 6.94. The maximum absolute atomic E-state index is 11.8. The summed E-state index contributed by atoms with van der Waals surface area (Å²) in [6, 6.07) is 2.00. The number of hydrogen-bond acceptors (Lipinski definition) is 3. The molecule has 1 aromatic rings. The van der Waals surface area contributed by atoms with Crippen molar-refractivity contribution < 1.29 is 14.7 Å². The number of carbonyl (C=O) groups is 2. The van der Waals surface area contributed by atoms with Gasteiger partial charge in [-0.3, -0.25) is 9.59 Å². The predicted octanol–water partition coefficient (Wildman–Crippen LogP) is 2.83. The molecular formula is C14H19NO3S. The van der Waals surface area contributed by atoms with Gasteiger partial charge in [0.15, 0.2) is 0 Å². The lowest BCUT2D eigenvalue weighted by atomic mass is 9.98. The third-order valence-electron chi connectivity index (χ3n) is 2.71. The SMILES string of the molecule is Cc1ccsc1C=CC(=O)NC(C)(C)CCC(=O)O. The molecule has 1 rings (SSSR count). The Kier molecular flexibility index (Phi) is 5.30. The maximum Gasteiger partial charge on any atom is 0.303 e. The number of aryl methyl sites for hydroxylation is 1. The van der Waals surface area contributed by atoms with Crippen LogP contribution in [0.15, 0.2) is 17.5 Å². The standard InChI is InChI=1S/C14H19NO3S/c1-10-7-9-19-11(10)4-5-12(16)15-14(2,3)8-6-13(17)18/h4-5,7,9H,6,8H2,1-3H3,(H,15,16)(H,17,18). The molecular weight excluding hydrogens is 262 g/mol. The fraction of sp³-hybridized carbons (Fsp3) is 0.429. The topological polar surface area (TPSA) is 66.4 Å². The average Bonchev–Trinajstić information content (AvgIpc) is 2.69. The molecule has 19 heavy (non-hydrogen) atoms. The molecule has 0 radical (unpaired) electrons. The van der Waals surface area contributed by atoms with Crippen LogP contribution in [0.2, 0.25) is 0 Å². The van der Waals surface area contributed by atoms with E-state index in [2.05, 4.69) is 5.32 Å². The van der Waals surface area contributed by atoms with E-state index in [1.165, 1.54) is 6.08 Å². The van der Waals surface area contributed by atoms with Gasteiger partial charge in [-0.2, -0.15) is 0 Å². The van der Waals surface area contributed by atoms with Gasteiger partial charge < -0.3 is 10.4 Å². The molecule has 0 unspecified atom stereocenters. The van der Waals surface area contributed by atoms with Crippen molar-refractivity contribution in [2.45, 2.75) is 39.2 Å². The first kappa shape index (κ1) is 15.4. The molecule has 0 aliphatic heterocycles. The van der Waals surface area contributed by atoms with E-state index in [-0.39, 0.29) is 12.3 Å². The van der Waals surface area contributed by atoms with E-state index in [9.17, 15) is 9.59 Å². The van der Waals surface area contributed by atoms with Gasteiger partial charge in [-0.25, -0.2) is 0 Å². The van der Waals surface area contributed by atoms with Crippen LogP contribution >= 0.6 is 11.3 Å². The lowest BCUT2D eigenvalue weighted by Gasteiger charge is -2.24. The minimum absolute atomic E-state index is 0.0427. The first-order valence-electron chi connectivity index (χ1n) is 6.06. The summed E-state index contributed by atoms with van der Waals surface area (Å²) < 4.78 is 0. The molecule has 0 saturated heterocycles. The fourth-order valence-corrected chi connectivity index (χ4v) is 2.38. The molecule has 0 bridgehead atoms. The summed E-state index contributed by atoms with van der Waals surface area (Å²) in [5.41, 5.74) is 0.615. The van der Waals surface area contributed by atoms with Gasteiger partial charge in [0.25, 0.3) is 0 Å². The van der Waals surface area contributed by atoms with Crippen molar-refractivity contribution in [1.82, 2.24) is 5.32 Å². The monoisotopic (exact) mass is 281 g/mol. The molecule has 0 saturated carbocycles. The van der Waals surface area contributed by atoms with Crippen LogP contribution in [0, 0.1) is 6.92 Å². The van der Waals surface area contributed by atoms with Crippen LogP contribution in [0.3, 0.4) is 0 Å². The molecule has 0 atom stereocenters. The van der Waals surface area contributed by atoms with Gasteiger partial charge in [-0.15, -0.1) is 11.3 Å². The highest BCUT2D eigenvalue weighted by Gasteiger charge is 2.20. The smallest absolute Gasteiger partial charge is 0.303 e. The molecule has 0 fully saturated rings. The lowest BCUT2D eigenvalue weighted by molar-refractivity contribution is -0.137. The number of carbonyl (C=O) groups excluding carboxylic acids is 1. The Labute approximate surface area is 117 Å². The van der Waals surface area contributed by atoms with Gasteiger partial charge in [-0.05, 0) is 50.3 Å². The molecule has 0 aliphatic carbocycles. The van der Waals surface area contributed by atoms with Crippen LogP contribution in [0.1, 0.15) is 37.1 Å². The van der Waals surface area contributed by atoms with Gasteiger partial charge in [0.05, 0.1) is 0 Å². The molecule has 5 heteroatoms. The van der Waals surface area contributed by atoms with Crippen molar-refractivity contribution in [2.24, 2.45) is 0 Å². The number of hydrogen-bond donors (Lipinski definition) is 2. The lowest BCUT2D eigenvalue weighted by Crippen LogP contribution is -2.42. The quantitative estimate of drug-likeness (QED) is 0.788. The fourth-order valence-electron chi connectivity index (χ4n) is 1.56. The van der Waals surface area contributed by atoms with E-state index < -0.39 is 11.5 Å². The molecule has 1 aromatic heterocycles. The molecule has 0 aromatic carbocycles. The summed E-state index contributed by atoms with van der Waals surface area (Å²) in [6.45, 7) is 5.63. The third-order valence-corrected chi connectivity index (χ3v) is 3.70. The second kappa shape index (κ2) is 6.52. The second-order valence-corrected chi connectivity index (χ2v) is 6.02. The molecule has 0 spiro atoms. The van der Waals surface area contributed by atoms with Gasteiger partial charge in [-0.1, -0.05) is 0 Å². The summed E-state index contributed by atoms with van der Waals surface area (Å²) >= 11 is 1.58. The van der Waals surface area contributed by atoms with Crippen LogP contribution in [-0.2, 0) is 9.59 Å². The van der Waals surface area contributed by atoms with E-state index in [1.807, 2.05) is 32.2 Å². The maximum atomic E-state index is 11.8. The van der Waals surface area contributed by atoms with Crippen LogP contribution in [0.4, 0.5) is 0 Å². The number of aliphatic carboxylic acids is 1. The number of thiophene rings is 1. The van der Waals surface area contributed by atoms with Crippen molar-refractivity contribution in [3.8, 4) is 0 Å². The Morgan fingerprint density at radius 2 is 2.16 bits per heavy atom. The summed E-state index contributed by atoms with van der Waals surface area (Å²) in [6.07, 6.45) is 3.71. The van der Waals surface area contributed by atoms with E-state index in [0.717, 1.165) is 10.4 Å². The van der Waals surface area contributed by atoms with Gasteiger partial charge in [0.1, 0.15) is 0 Å². The molecule has 1 amide bonds. The van der Waals surface area contributed by atoms with Gasteiger partial charge >= 0.3 is 5.97 Å². The zero-order valence-electron chi connectivity index (χ0n) is 11.4. The van der Waals surface area contributed by atoms with E-state index >= 15 is 0 Å². The van der Waals surface area contributed by atoms with Crippen molar-refractivity contribution in [2.75, 3.05) is 0 Å². The Morgan fingerprint density at radius 3 is 2.68 bits per heavy atom. The van der Waals surface area contributed by atoms with Crippen LogP contribution in [0.25, 0.3) is 6.08 Å². The number of nitrogens with one attached hydrogen (secondary N) is 1. The number of amides is 1. The predicted molar refractivity (Wildman–Crippen MR) is 77.2 cm³/mol.